The molecule has 0 spiro atoms. The van der Waals surface area contributed by atoms with Crippen LogP contribution in [0.1, 0.15) is 40.4 Å². The fourth-order valence-electron chi connectivity index (χ4n) is 3.34. The lowest BCUT2D eigenvalue weighted by molar-refractivity contribution is -0.115. The summed E-state index contributed by atoms with van der Waals surface area (Å²) in [6.07, 6.45) is 2.36. The van der Waals surface area contributed by atoms with Crippen molar-refractivity contribution < 1.29 is 22.4 Å². The van der Waals surface area contributed by atoms with Crippen molar-refractivity contribution in [2.75, 3.05) is 5.75 Å². The lowest BCUT2D eigenvalue weighted by Gasteiger charge is -2.15. The normalized spacial score (nSPS) is 16.9. The first-order valence-corrected chi connectivity index (χ1v) is 13.3. The molecule has 10 heteroatoms. The average Bonchev–Trinajstić information content (AvgIpc) is 3.45. The molecule has 4 rings (SSSR count). The summed E-state index contributed by atoms with van der Waals surface area (Å²) in [5.41, 5.74) is 0.861. The number of furan rings is 1. The number of thioether (sulfide) groups is 1. The molecule has 2 aromatic carbocycles. The summed E-state index contributed by atoms with van der Waals surface area (Å²) in [7, 11) is -4.05. The number of hydrogen-bond acceptors (Lipinski definition) is 7. The van der Waals surface area contributed by atoms with Crippen LogP contribution in [0.25, 0.3) is 6.08 Å². The fourth-order valence-corrected chi connectivity index (χ4v) is 5.36. The second-order valence-electron chi connectivity index (χ2n) is 7.66. The number of carbonyl (C=O) groups excluding carboxylic acids is 2. The van der Waals surface area contributed by atoms with Crippen molar-refractivity contribution in [1.29, 1.82) is 0 Å². The van der Waals surface area contributed by atoms with Crippen LogP contribution in [0.4, 0.5) is 0 Å². The molecular weight excluding hydrogens is 486 g/mol. The van der Waals surface area contributed by atoms with Crippen LogP contribution in [0.2, 0.25) is 0 Å². The van der Waals surface area contributed by atoms with Crippen LogP contribution < -0.4 is 10.0 Å². The van der Waals surface area contributed by atoms with Gasteiger partial charge in [-0.15, -0.1) is 0 Å². The third-order valence-electron chi connectivity index (χ3n) is 5.07. The van der Waals surface area contributed by atoms with Gasteiger partial charge in [-0.1, -0.05) is 55.5 Å². The van der Waals surface area contributed by atoms with Gasteiger partial charge in [0.05, 0.1) is 16.7 Å². The van der Waals surface area contributed by atoms with Crippen molar-refractivity contribution in [2.45, 2.75) is 19.4 Å². The van der Waals surface area contributed by atoms with Crippen LogP contribution in [0, 0.1) is 0 Å². The smallest absolute Gasteiger partial charge is 0.264 e. The molecule has 1 atom stereocenters. The molecule has 180 valence electrons. The van der Waals surface area contributed by atoms with Gasteiger partial charge in [0.15, 0.2) is 5.17 Å². The number of nitrogens with one attached hydrogen (secondary N) is 2. The van der Waals surface area contributed by atoms with Crippen molar-refractivity contribution in [3.05, 3.63) is 100 Å². The minimum atomic E-state index is -4.05. The van der Waals surface area contributed by atoms with Crippen molar-refractivity contribution in [3.63, 3.8) is 0 Å². The number of aryl methyl sites for hydroxylation is 1. The van der Waals surface area contributed by atoms with Gasteiger partial charge >= 0.3 is 0 Å². The molecule has 3 aromatic rings. The molecule has 0 aliphatic carbocycles. The molecule has 0 bridgehead atoms. The van der Waals surface area contributed by atoms with E-state index in [9.17, 15) is 18.0 Å². The van der Waals surface area contributed by atoms with E-state index in [1.54, 1.807) is 60.7 Å². The quantitative estimate of drug-likeness (QED) is 0.445. The number of benzene rings is 2. The van der Waals surface area contributed by atoms with E-state index in [-0.39, 0.29) is 16.6 Å². The number of hydrogen-bond donors (Lipinski definition) is 2. The van der Waals surface area contributed by atoms with Gasteiger partial charge in [0, 0.05) is 18.1 Å². The summed E-state index contributed by atoms with van der Waals surface area (Å²) in [5, 5.41) is 2.95. The molecule has 2 heterocycles. The summed E-state index contributed by atoms with van der Waals surface area (Å²) in [5.74, 6) is -0.196. The van der Waals surface area contributed by atoms with Crippen molar-refractivity contribution in [1.82, 2.24) is 10.0 Å². The van der Waals surface area contributed by atoms with Gasteiger partial charge in [0.2, 0.25) is 10.0 Å². The van der Waals surface area contributed by atoms with Crippen LogP contribution in [0.5, 0.6) is 0 Å². The van der Waals surface area contributed by atoms with Gasteiger partial charge in [-0.25, -0.2) is 13.1 Å². The third kappa shape index (κ3) is 6.49. The topological polar surface area (TPSA) is 118 Å². The molecular formula is C25H23N3O5S2. The van der Waals surface area contributed by atoms with E-state index in [1.807, 2.05) is 13.0 Å². The molecule has 0 saturated carbocycles. The van der Waals surface area contributed by atoms with E-state index in [4.69, 9.17) is 4.42 Å². The van der Waals surface area contributed by atoms with Gasteiger partial charge in [0.1, 0.15) is 11.5 Å². The highest BCUT2D eigenvalue weighted by Gasteiger charge is 2.28. The SMILES string of the molecule is CCc1ccc(/C=C2\SC(=N[C@H](CS(=O)(=O)NC(=O)c3ccccc3)c3ccccc3)NC2=O)o1. The largest absolute Gasteiger partial charge is 0.462 e. The van der Waals surface area contributed by atoms with Crippen molar-refractivity contribution >= 4 is 44.8 Å². The highest BCUT2D eigenvalue weighted by molar-refractivity contribution is 8.18. The number of rotatable bonds is 8. The van der Waals surface area contributed by atoms with Crippen LogP contribution in [0.15, 0.2) is 87.1 Å². The number of amidine groups is 1. The first kappa shape index (κ1) is 24.5. The molecule has 35 heavy (non-hydrogen) atoms. The van der Waals surface area contributed by atoms with Crippen LogP contribution in [0.3, 0.4) is 0 Å². The van der Waals surface area contributed by atoms with E-state index >= 15 is 0 Å². The van der Waals surface area contributed by atoms with Gasteiger partial charge in [-0.2, -0.15) is 0 Å². The Morgan fingerprint density at radius 3 is 2.43 bits per heavy atom. The van der Waals surface area contributed by atoms with Gasteiger partial charge in [0.25, 0.3) is 11.8 Å². The fraction of sp³-hybridized carbons (Fsp3) is 0.160. The zero-order chi connectivity index (χ0) is 24.8. The number of amides is 2. The molecule has 1 aliphatic rings. The molecule has 1 saturated heterocycles. The number of nitrogens with zero attached hydrogens (tertiary/aromatic N) is 1. The minimum absolute atomic E-state index is 0.233. The maximum absolute atomic E-state index is 12.9. The van der Waals surface area contributed by atoms with E-state index in [1.165, 1.54) is 12.1 Å². The van der Waals surface area contributed by atoms with Crippen LogP contribution in [-0.4, -0.2) is 31.2 Å². The Kier molecular flexibility index (Phi) is 7.52. The summed E-state index contributed by atoms with van der Waals surface area (Å²) in [4.78, 5) is 29.8. The molecule has 2 N–H and O–H groups in total. The highest BCUT2D eigenvalue weighted by Crippen LogP contribution is 2.29. The molecule has 2 amide bonds. The van der Waals surface area contributed by atoms with E-state index in [2.05, 4.69) is 15.0 Å². The zero-order valence-corrected chi connectivity index (χ0v) is 20.4. The Balaban J connectivity index is 1.55. The number of aliphatic imine (C=N–C) groups is 1. The molecule has 0 radical (unpaired) electrons. The monoisotopic (exact) mass is 509 g/mol. The number of sulfonamides is 1. The average molecular weight is 510 g/mol. The van der Waals surface area contributed by atoms with Crippen molar-refractivity contribution in [3.8, 4) is 0 Å². The molecule has 8 nitrogen and oxygen atoms in total. The lowest BCUT2D eigenvalue weighted by Crippen LogP contribution is -2.34. The summed E-state index contributed by atoms with van der Waals surface area (Å²) >= 11 is 1.10. The van der Waals surface area contributed by atoms with E-state index in [0.717, 1.165) is 23.9 Å². The Morgan fingerprint density at radius 1 is 1.09 bits per heavy atom. The van der Waals surface area contributed by atoms with E-state index in [0.29, 0.717) is 16.2 Å². The second kappa shape index (κ2) is 10.7. The summed E-state index contributed by atoms with van der Waals surface area (Å²) < 4.78 is 33.4. The maximum Gasteiger partial charge on any atom is 0.264 e. The predicted octanol–water partition coefficient (Wildman–Crippen LogP) is 3.90. The maximum atomic E-state index is 12.9. The zero-order valence-electron chi connectivity index (χ0n) is 18.8. The minimum Gasteiger partial charge on any atom is -0.462 e. The van der Waals surface area contributed by atoms with Gasteiger partial charge < -0.3 is 9.73 Å². The standard InChI is InChI=1S/C25H23N3O5S2/c1-2-19-13-14-20(33-19)15-22-24(30)27-25(34-22)26-21(17-9-5-3-6-10-17)16-35(31,32)28-23(29)18-11-7-4-8-12-18/h3-15,21H,2,16H2,1H3,(H,28,29)(H,26,27,30)/b22-15-/t21-/m1/s1. The van der Waals surface area contributed by atoms with Gasteiger partial charge in [-0.3, -0.25) is 14.6 Å². The summed E-state index contributed by atoms with van der Waals surface area (Å²) in [6.45, 7) is 1.97. The number of carbonyl (C=O) groups is 2. The Hall–Kier alpha value is -3.63. The predicted molar refractivity (Wildman–Crippen MR) is 136 cm³/mol. The van der Waals surface area contributed by atoms with Crippen LogP contribution in [-0.2, 0) is 21.2 Å². The first-order chi connectivity index (χ1) is 16.8. The molecule has 0 unspecified atom stereocenters. The highest BCUT2D eigenvalue weighted by atomic mass is 32.2. The Bertz CT molecular complexity index is 1380. The second-order valence-corrected chi connectivity index (χ2v) is 10.5. The van der Waals surface area contributed by atoms with Crippen LogP contribution >= 0.6 is 11.8 Å². The molecule has 1 fully saturated rings. The molecule has 1 aliphatic heterocycles. The summed E-state index contributed by atoms with van der Waals surface area (Å²) in [6, 6.07) is 19.7. The first-order valence-electron chi connectivity index (χ1n) is 10.8. The lowest BCUT2D eigenvalue weighted by atomic mass is 10.1. The van der Waals surface area contributed by atoms with Gasteiger partial charge in [-0.05, 0) is 41.6 Å². The Morgan fingerprint density at radius 2 is 1.77 bits per heavy atom. The molecule has 1 aromatic heterocycles. The van der Waals surface area contributed by atoms with Crippen molar-refractivity contribution in [2.24, 2.45) is 4.99 Å². The Labute approximate surface area is 207 Å². The van der Waals surface area contributed by atoms with E-state index < -0.39 is 27.7 Å². The third-order valence-corrected chi connectivity index (χ3v) is 7.25.